The monoisotopic (exact) mass is 456 g/mol. The molecule has 0 unspecified atom stereocenters. The first-order valence-electron chi connectivity index (χ1n) is 10.1. The van der Waals surface area contributed by atoms with Gasteiger partial charge >= 0.3 is 24.0 Å². The van der Waals surface area contributed by atoms with E-state index in [0.29, 0.717) is 49.7 Å². The molecular formula is C20H23F3N4O5. The van der Waals surface area contributed by atoms with Gasteiger partial charge in [0.2, 0.25) is 5.91 Å². The Morgan fingerprint density at radius 1 is 1.09 bits per heavy atom. The second-order valence-corrected chi connectivity index (χ2v) is 7.36. The average Bonchev–Trinajstić information content (AvgIpc) is 2.95. The lowest BCUT2D eigenvalue weighted by Crippen LogP contribution is -2.40. The van der Waals surface area contributed by atoms with Crippen LogP contribution in [-0.2, 0) is 25.3 Å². The van der Waals surface area contributed by atoms with Crippen molar-refractivity contribution in [2.45, 2.75) is 25.9 Å². The summed E-state index contributed by atoms with van der Waals surface area (Å²) in [6.45, 7) is 2.69. The topological polar surface area (TPSA) is 99.3 Å². The number of amides is 5. The zero-order valence-electron chi connectivity index (χ0n) is 17.4. The molecule has 5 amide bonds. The first-order chi connectivity index (χ1) is 15.1. The number of anilines is 2. The number of unbranched alkanes of at least 4 members (excludes halogenated alkanes) is 1. The minimum absolute atomic E-state index is 0.0484. The maximum Gasteiger partial charge on any atom is 0.416 e. The van der Waals surface area contributed by atoms with Crippen LogP contribution in [-0.4, -0.2) is 72.9 Å². The SMILES string of the molecule is CCCCN1C(=O)C(=O)N(CC(=O)Nc2cc(C(F)(F)F)ccc2N2CCOCC2)C1=O. The molecule has 0 saturated carbocycles. The van der Waals surface area contributed by atoms with Crippen molar-refractivity contribution in [1.29, 1.82) is 0 Å². The van der Waals surface area contributed by atoms with Gasteiger partial charge in [-0.25, -0.2) is 9.69 Å². The highest BCUT2D eigenvalue weighted by molar-refractivity contribution is 6.45. The van der Waals surface area contributed by atoms with E-state index in [4.69, 9.17) is 4.74 Å². The Labute approximate surface area is 182 Å². The van der Waals surface area contributed by atoms with Crippen molar-refractivity contribution in [1.82, 2.24) is 9.80 Å². The van der Waals surface area contributed by atoms with Crippen LogP contribution in [0.2, 0.25) is 0 Å². The number of halogens is 3. The molecule has 0 aromatic heterocycles. The van der Waals surface area contributed by atoms with Crippen LogP contribution >= 0.6 is 0 Å². The van der Waals surface area contributed by atoms with Crippen molar-refractivity contribution in [3.63, 3.8) is 0 Å². The number of carbonyl (C=O) groups is 4. The van der Waals surface area contributed by atoms with Crippen LogP contribution in [0.25, 0.3) is 0 Å². The third-order valence-electron chi connectivity index (χ3n) is 5.12. The summed E-state index contributed by atoms with van der Waals surface area (Å²) in [6.07, 6.45) is -3.44. The average molecular weight is 456 g/mol. The Hall–Kier alpha value is -3.15. The van der Waals surface area contributed by atoms with Gasteiger partial charge in [-0.15, -0.1) is 0 Å². The summed E-state index contributed by atoms with van der Waals surface area (Å²) in [5, 5.41) is 2.36. The lowest BCUT2D eigenvalue weighted by molar-refractivity contribution is -0.143. The fourth-order valence-corrected chi connectivity index (χ4v) is 3.43. The maximum absolute atomic E-state index is 13.2. The van der Waals surface area contributed by atoms with E-state index in [1.807, 2.05) is 6.92 Å². The number of imide groups is 2. The van der Waals surface area contributed by atoms with Crippen molar-refractivity contribution in [2.24, 2.45) is 0 Å². The van der Waals surface area contributed by atoms with Crippen molar-refractivity contribution in [3.8, 4) is 0 Å². The minimum atomic E-state index is -4.63. The van der Waals surface area contributed by atoms with Gasteiger partial charge in [-0.05, 0) is 24.6 Å². The number of rotatable bonds is 7. The number of nitrogens with one attached hydrogen (secondary N) is 1. The van der Waals surface area contributed by atoms with Gasteiger partial charge in [0.05, 0.1) is 30.2 Å². The van der Waals surface area contributed by atoms with Gasteiger partial charge in [-0.2, -0.15) is 13.2 Å². The lowest BCUT2D eigenvalue weighted by Gasteiger charge is -2.31. The van der Waals surface area contributed by atoms with Crippen LogP contribution in [0.4, 0.5) is 29.3 Å². The van der Waals surface area contributed by atoms with E-state index in [1.165, 1.54) is 6.07 Å². The van der Waals surface area contributed by atoms with Crippen molar-refractivity contribution in [3.05, 3.63) is 23.8 Å². The van der Waals surface area contributed by atoms with Crippen LogP contribution in [0, 0.1) is 0 Å². The smallest absolute Gasteiger partial charge is 0.378 e. The van der Waals surface area contributed by atoms with Crippen LogP contribution in [0.3, 0.4) is 0 Å². The van der Waals surface area contributed by atoms with Crippen molar-refractivity contribution >= 4 is 35.1 Å². The molecule has 0 atom stereocenters. The van der Waals surface area contributed by atoms with E-state index < -0.39 is 42.0 Å². The predicted molar refractivity (Wildman–Crippen MR) is 107 cm³/mol. The molecule has 2 heterocycles. The highest BCUT2D eigenvalue weighted by Crippen LogP contribution is 2.35. The second kappa shape index (κ2) is 9.55. The van der Waals surface area contributed by atoms with Crippen molar-refractivity contribution < 1.29 is 37.1 Å². The van der Waals surface area contributed by atoms with E-state index >= 15 is 0 Å². The lowest BCUT2D eigenvalue weighted by atomic mass is 10.1. The molecule has 2 fully saturated rings. The van der Waals surface area contributed by atoms with Crippen LogP contribution in [0.1, 0.15) is 25.3 Å². The summed E-state index contributed by atoms with van der Waals surface area (Å²) >= 11 is 0. The first-order valence-corrected chi connectivity index (χ1v) is 10.1. The van der Waals surface area contributed by atoms with E-state index in [-0.39, 0.29) is 12.2 Å². The van der Waals surface area contributed by atoms with Gasteiger partial charge in [-0.1, -0.05) is 13.3 Å². The molecule has 12 heteroatoms. The van der Waals surface area contributed by atoms with Crippen LogP contribution < -0.4 is 10.2 Å². The highest BCUT2D eigenvalue weighted by Gasteiger charge is 2.44. The Morgan fingerprint density at radius 3 is 2.38 bits per heavy atom. The number of urea groups is 1. The van der Waals surface area contributed by atoms with Crippen molar-refractivity contribution in [2.75, 3.05) is 49.6 Å². The summed E-state index contributed by atoms with van der Waals surface area (Å²) in [5.41, 5.74) is -0.714. The van der Waals surface area contributed by atoms with Gasteiger partial charge in [0.15, 0.2) is 0 Å². The zero-order valence-corrected chi connectivity index (χ0v) is 17.4. The van der Waals surface area contributed by atoms with E-state index in [9.17, 15) is 32.3 Å². The Bertz CT molecular complexity index is 915. The third kappa shape index (κ3) is 5.01. The molecule has 9 nitrogen and oxygen atoms in total. The number of hydrogen-bond donors (Lipinski definition) is 1. The molecular weight excluding hydrogens is 433 g/mol. The van der Waals surface area contributed by atoms with E-state index in [2.05, 4.69) is 5.32 Å². The molecule has 0 aliphatic carbocycles. The first kappa shape index (κ1) is 23.5. The molecule has 1 aromatic carbocycles. The maximum atomic E-state index is 13.2. The van der Waals surface area contributed by atoms with E-state index in [1.54, 1.807) is 4.90 Å². The molecule has 2 aliphatic heterocycles. The fourth-order valence-electron chi connectivity index (χ4n) is 3.43. The number of nitrogens with zero attached hydrogens (tertiary/aromatic N) is 3. The molecule has 1 aromatic rings. The molecule has 2 saturated heterocycles. The summed E-state index contributed by atoms with van der Waals surface area (Å²) in [5.74, 6) is -3.06. The summed E-state index contributed by atoms with van der Waals surface area (Å²) in [7, 11) is 0. The van der Waals surface area contributed by atoms with Gasteiger partial charge in [-0.3, -0.25) is 19.3 Å². The standard InChI is InChI=1S/C20H23F3N4O5/c1-2-3-6-26-17(29)18(30)27(19(26)31)12-16(28)24-14-11-13(20(21,22)23)4-5-15(14)25-7-9-32-10-8-25/h4-5,11H,2-3,6-10,12H2,1H3,(H,24,28). The van der Waals surface area contributed by atoms with E-state index in [0.717, 1.165) is 17.0 Å². The second-order valence-electron chi connectivity index (χ2n) is 7.36. The normalized spacial score (nSPS) is 17.4. The molecule has 1 N–H and O–H groups in total. The highest BCUT2D eigenvalue weighted by atomic mass is 19.4. The fraction of sp³-hybridized carbons (Fsp3) is 0.500. The Balaban J connectivity index is 1.79. The Kier molecular flexibility index (Phi) is 7.02. The molecule has 2 aliphatic rings. The van der Waals surface area contributed by atoms with Gasteiger partial charge in [0.1, 0.15) is 6.54 Å². The molecule has 0 radical (unpaired) electrons. The molecule has 174 valence electrons. The van der Waals surface area contributed by atoms with Gasteiger partial charge < -0.3 is 15.0 Å². The summed E-state index contributed by atoms with van der Waals surface area (Å²) in [6, 6.07) is 2.06. The molecule has 0 bridgehead atoms. The molecule has 3 rings (SSSR count). The Morgan fingerprint density at radius 2 is 1.75 bits per heavy atom. The number of alkyl halides is 3. The van der Waals surface area contributed by atoms with Gasteiger partial charge in [0.25, 0.3) is 0 Å². The minimum Gasteiger partial charge on any atom is -0.378 e. The van der Waals surface area contributed by atoms with Gasteiger partial charge in [0, 0.05) is 19.6 Å². The molecule has 0 spiro atoms. The summed E-state index contributed by atoms with van der Waals surface area (Å²) < 4.78 is 44.9. The third-order valence-corrected chi connectivity index (χ3v) is 5.12. The number of hydrogen-bond acceptors (Lipinski definition) is 6. The number of benzene rings is 1. The number of morpholine rings is 1. The van der Waals surface area contributed by atoms with Crippen LogP contribution in [0.5, 0.6) is 0 Å². The molecule has 32 heavy (non-hydrogen) atoms. The number of carbonyl (C=O) groups excluding carboxylic acids is 4. The summed E-state index contributed by atoms with van der Waals surface area (Å²) in [4.78, 5) is 52.1. The quantitative estimate of drug-likeness (QED) is 0.498. The predicted octanol–water partition coefficient (Wildman–Crippen LogP) is 2.07. The zero-order chi connectivity index (χ0) is 23.5. The van der Waals surface area contributed by atoms with Crippen LogP contribution in [0.15, 0.2) is 18.2 Å². The largest absolute Gasteiger partial charge is 0.416 e. The number of ether oxygens (including phenoxy) is 1.